The first-order chi connectivity index (χ1) is 14.7. The second-order valence-corrected chi connectivity index (χ2v) is 10.1. The number of hydrogen-bond donors (Lipinski definition) is 1. The summed E-state index contributed by atoms with van der Waals surface area (Å²) in [5.74, 6) is 2.35. The van der Waals surface area contributed by atoms with Gasteiger partial charge in [0.15, 0.2) is 0 Å². The van der Waals surface area contributed by atoms with Crippen LogP contribution in [0.2, 0.25) is 0 Å². The van der Waals surface area contributed by atoms with Crippen molar-refractivity contribution in [2.45, 2.75) is 79.3 Å². The van der Waals surface area contributed by atoms with Crippen LogP contribution in [-0.2, 0) is 16.0 Å². The zero-order chi connectivity index (χ0) is 22.7. The molecule has 1 unspecified atom stereocenters. The van der Waals surface area contributed by atoms with Crippen LogP contribution in [0, 0.1) is 25.7 Å². The Kier molecular flexibility index (Phi) is 7.78. The number of nitrogens with zero attached hydrogens (tertiary/aromatic N) is 4. The van der Waals surface area contributed by atoms with Crippen molar-refractivity contribution in [1.29, 1.82) is 0 Å². The number of imidazole rings is 1. The number of piperazine rings is 1. The normalized spacial score (nSPS) is 20.9. The van der Waals surface area contributed by atoms with Gasteiger partial charge in [-0.05, 0) is 58.8 Å². The molecule has 7 nitrogen and oxygen atoms in total. The van der Waals surface area contributed by atoms with Gasteiger partial charge in [0.05, 0.1) is 18.3 Å². The van der Waals surface area contributed by atoms with Crippen molar-refractivity contribution in [2.75, 3.05) is 32.7 Å². The predicted octanol–water partition coefficient (Wildman–Crippen LogP) is 2.71. The summed E-state index contributed by atoms with van der Waals surface area (Å²) in [7, 11) is 0. The molecule has 2 aliphatic heterocycles. The summed E-state index contributed by atoms with van der Waals surface area (Å²) in [4.78, 5) is 34.2. The summed E-state index contributed by atoms with van der Waals surface area (Å²) >= 11 is 0. The van der Waals surface area contributed by atoms with Crippen LogP contribution in [0.1, 0.15) is 70.2 Å². The number of piperidine rings is 1. The van der Waals surface area contributed by atoms with Crippen molar-refractivity contribution in [3.05, 3.63) is 17.2 Å². The van der Waals surface area contributed by atoms with Gasteiger partial charge in [-0.3, -0.25) is 9.59 Å². The van der Waals surface area contributed by atoms with Crippen molar-refractivity contribution in [3.63, 3.8) is 0 Å². The molecule has 0 saturated carbocycles. The molecule has 0 spiro atoms. The van der Waals surface area contributed by atoms with E-state index in [0.29, 0.717) is 24.4 Å². The van der Waals surface area contributed by atoms with E-state index in [9.17, 15) is 9.59 Å². The summed E-state index contributed by atoms with van der Waals surface area (Å²) < 4.78 is 2.36. The first-order valence-corrected chi connectivity index (χ1v) is 12.0. The van der Waals surface area contributed by atoms with Crippen molar-refractivity contribution < 1.29 is 9.59 Å². The van der Waals surface area contributed by atoms with Crippen molar-refractivity contribution >= 4 is 11.8 Å². The van der Waals surface area contributed by atoms with Crippen LogP contribution in [0.3, 0.4) is 0 Å². The van der Waals surface area contributed by atoms with Crippen LogP contribution < -0.4 is 5.32 Å². The Balaban J connectivity index is 1.51. The van der Waals surface area contributed by atoms with Gasteiger partial charge >= 0.3 is 0 Å². The number of aromatic nitrogens is 2. The minimum absolute atomic E-state index is 0.0782. The number of nitrogens with one attached hydrogen (secondary N) is 1. The number of carbonyl (C=O) groups is 2. The van der Waals surface area contributed by atoms with Gasteiger partial charge in [0.2, 0.25) is 11.8 Å². The fourth-order valence-corrected chi connectivity index (χ4v) is 5.04. The number of carbonyl (C=O) groups excluding carboxylic acids is 2. The number of rotatable bonds is 7. The third kappa shape index (κ3) is 5.68. The van der Waals surface area contributed by atoms with Crippen LogP contribution in [-0.4, -0.2) is 69.9 Å². The highest BCUT2D eigenvalue weighted by molar-refractivity contribution is 5.88. The minimum atomic E-state index is -0.149. The third-order valence-electron chi connectivity index (χ3n) is 6.83. The van der Waals surface area contributed by atoms with Gasteiger partial charge in [0, 0.05) is 44.3 Å². The van der Waals surface area contributed by atoms with E-state index in [-0.39, 0.29) is 24.4 Å². The quantitative estimate of drug-likeness (QED) is 0.721. The van der Waals surface area contributed by atoms with Crippen LogP contribution in [0.15, 0.2) is 0 Å². The van der Waals surface area contributed by atoms with Crippen LogP contribution in [0.4, 0.5) is 0 Å². The average molecular weight is 432 g/mol. The van der Waals surface area contributed by atoms with Crippen LogP contribution >= 0.6 is 0 Å². The lowest BCUT2D eigenvalue weighted by Gasteiger charge is -2.36. The second-order valence-electron chi connectivity index (χ2n) is 10.1. The maximum Gasteiger partial charge on any atom is 0.242 e. The van der Waals surface area contributed by atoms with E-state index in [1.165, 1.54) is 11.5 Å². The van der Waals surface area contributed by atoms with E-state index >= 15 is 0 Å². The van der Waals surface area contributed by atoms with Crippen LogP contribution in [0.25, 0.3) is 0 Å². The molecule has 1 aromatic rings. The third-order valence-corrected chi connectivity index (χ3v) is 6.83. The number of hydrogen-bond acceptors (Lipinski definition) is 4. The predicted molar refractivity (Wildman–Crippen MR) is 123 cm³/mol. The SMILES string of the molecule is Cc1nc(CC2CCN(C(=O)CN3CCNC(CC(C)C)C3=O)CC2)n(C(C)C)c1C. The van der Waals surface area contributed by atoms with E-state index in [4.69, 9.17) is 4.98 Å². The van der Waals surface area contributed by atoms with E-state index in [0.717, 1.165) is 51.0 Å². The summed E-state index contributed by atoms with van der Waals surface area (Å²) in [5, 5.41) is 3.31. The highest BCUT2D eigenvalue weighted by Gasteiger charge is 2.32. The van der Waals surface area contributed by atoms with E-state index in [1.54, 1.807) is 4.90 Å². The minimum Gasteiger partial charge on any atom is -0.341 e. The summed E-state index contributed by atoms with van der Waals surface area (Å²) in [6.45, 7) is 16.1. The van der Waals surface area contributed by atoms with Crippen molar-refractivity contribution in [2.24, 2.45) is 11.8 Å². The van der Waals surface area contributed by atoms with E-state index < -0.39 is 0 Å². The van der Waals surface area contributed by atoms with Gasteiger partial charge in [-0.25, -0.2) is 4.98 Å². The van der Waals surface area contributed by atoms with Gasteiger partial charge in [0.25, 0.3) is 0 Å². The summed E-state index contributed by atoms with van der Waals surface area (Å²) in [6, 6.07) is 0.262. The molecule has 0 aromatic carbocycles. The smallest absolute Gasteiger partial charge is 0.242 e. The molecule has 1 aromatic heterocycles. The molecule has 1 atom stereocenters. The number of likely N-dealkylation sites (tertiary alicyclic amines) is 1. The molecule has 3 heterocycles. The topological polar surface area (TPSA) is 70.5 Å². The molecule has 174 valence electrons. The molecule has 2 aliphatic rings. The largest absolute Gasteiger partial charge is 0.341 e. The Hall–Kier alpha value is -1.89. The van der Waals surface area contributed by atoms with Crippen molar-refractivity contribution in [3.8, 4) is 0 Å². The number of amides is 2. The lowest BCUT2D eigenvalue weighted by Crippen LogP contribution is -2.57. The molecule has 31 heavy (non-hydrogen) atoms. The fraction of sp³-hybridized carbons (Fsp3) is 0.792. The molecule has 0 radical (unpaired) electrons. The first-order valence-electron chi connectivity index (χ1n) is 12.0. The zero-order valence-electron chi connectivity index (χ0n) is 20.3. The lowest BCUT2D eigenvalue weighted by molar-refractivity contribution is -0.144. The maximum absolute atomic E-state index is 12.9. The molecule has 0 bridgehead atoms. The number of aryl methyl sites for hydroxylation is 1. The molecular formula is C24H41N5O2. The standard InChI is InChI=1S/C24H41N5O2/c1-16(2)13-21-24(31)28(12-9-25-21)15-23(30)27-10-7-20(8-11-27)14-22-26-18(5)19(6)29(22)17(3)4/h16-17,20-21,25H,7-15H2,1-6H3. The highest BCUT2D eigenvalue weighted by atomic mass is 16.2. The fourth-order valence-electron chi connectivity index (χ4n) is 5.04. The first kappa shape index (κ1) is 23.8. The molecule has 2 saturated heterocycles. The second kappa shape index (κ2) is 10.2. The molecule has 2 amide bonds. The molecule has 3 rings (SSSR count). The van der Waals surface area contributed by atoms with Gasteiger partial charge < -0.3 is 19.7 Å². The molecule has 2 fully saturated rings. The van der Waals surface area contributed by atoms with E-state index in [1.807, 2.05) is 4.90 Å². The summed E-state index contributed by atoms with van der Waals surface area (Å²) in [5.41, 5.74) is 2.38. The van der Waals surface area contributed by atoms with Crippen LogP contribution in [0.5, 0.6) is 0 Å². The molecule has 0 aliphatic carbocycles. The average Bonchev–Trinajstić information content (AvgIpc) is 2.98. The summed E-state index contributed by atoms with van der Waals surface area (Å²) in [6.07, 6.45) is 3.79. The molecular weight excluding hydrogens is 390 g/mol. The lowest BCUT2D eigenvalue weighted by atomic mass is 9.93. The Labute approximate surface area is 187 Å². The van der Waals surface area contributed by atoms with Crippen molar-refractivity contribution in [1.82, 2.24) is 24.7 Å². The van der Waals surface area contributed by atoms with E-state index in [2.05, 4.69) is 51.4 Å². The zero-order valence-corrected chi connectivity index (χ0v) is 20.3. The Morgan fingerprint density at radius 1 is 1.13 bits per heavy atom. The monoisotopic (exact) mass is 431 g/mol. The molecule has 7 heteroatoms. The Morgan fingerprint density at radius 3 is 2.42 bits per heavy atom. The van der Waals surface area contributed by atoms with Gasteiger partial charge in [0.1, 0.15) is 5.82 Å². The van der Waals surface area contributed by atoms with Gasteiger partial charge in [-0.15, -0.1) is 0 Å². The Bertz CT molecular complexity index is 777. The van der Waals surface area contributed by atoms with Gasteiger partial charge in [-0.2, -0.15) is 0 Å². The maximum atomic E-state index is 12.9. The highest BCUT2D eigenvalue weighted by Crippen LogP contribution is 2.25. The van der Waals surface area contributed by atoms with Gasteiger partial charge in [-0.1, -0.05) is 13.8 Å². The Morgan fingerprint density at radius 2 is 1.81 bits per heavy atom. The molecule has 1 N–H and O–H groups in total.